The summed E-state index contributed by atoms with van der Waals surface area (Å²) in [5.41, 5.74) is 8.11. The zero-order chi connectivity index (χ0) is 10.8. The molecule has 1 aliphatic heterocycles. The molecule has 0 aromatic heterocycles. The Labute approximate surface area is 99.6 Å². The third-order valence-corrected chi connectivity index (χ3v) is 3.78. The van der Waals surface area contributed by atoms with E-state index in [4.69, 9.17) is 5.73 Å². The fourth-order valence-corrected chi connectivity index (χ4v) is 2.60. The minimum Gasteiger partial charge on any atom is -0.371 e. The molecule has 1 aromatic carbocycles. The number of nitrogens with zero attached hydrogens (tertiary/aromatic N) is 1. The molecule has 2 N–H and O–H groups in total. The summed E-state index contributed by atoms with van der Waals surface area (Å²) in [6, 6.07) is 6.47. The van der Waals surface area contributed by atoms with E-state index < -0.39 is 0 Å². The van der Waals surface area contributed by atoms with Crippen LogP contribution in [0.2, 0.25) is 0 Å². The number of rotatable bonds is 2. The molecular formula is C12H17BrN2. The number of halogens is 1. The largest absolute Gasteiger partial charge is 0.371 e. The zero-order valence-corrected chi connectivity index (χ0v) is 10.6. The Morgan fingerprint density at radius 1 is 1.53 bits per heavy atom. The predicted octanol–water partition coefficient (Wildman–Crippen LogP) is 2.75. The summed E-state index contributed by atoms with van der Waals surface area (Å²) in [5.74, 6) is 0.818. The Bertz CT molecular complexity index is 351. The molecule has 82 valence electrons. The van der Waals surface area contributed by atoms with Crippen molar-refractivity contribution in [3.63, 3.8) is 0 Å². The molecule has 0 radical (unpaired) electrons. The third kappa shape index (κ3) is 2.34. The summed E-state index contributed by atoms with van der Waals surface area (Å²) in [7, 11) is 0. The van der Waals surface area contributed by atoms with Gasteiger partial charge in [0.15, 0.2) is 0 Å². The van der Waals surface area contributed by atoms with Crippen molar-refractivity contribution in [3.05, 3.63) is 28.2 Å². The highest BCUT2D eigenvalue weighted by atomic mass is 79.9. The lowest BCUT2D eigenvalue weighted by atomic mass is 10.2. The number of benzene rings is 1. The Kier molecular flexibility index (Phi) is 3.32. The molecule has 2 rings (SSSR count). The van der Waals surface area contributed by atoms with E-state index >= 15 is 0 Å². The normalized spacial score (nSPS) is 21.0. The van der Waals surface area contributed by atoms with Gasteiger partial charge in [0, 0.05) is 29.8 Å². The Hall–Kier alpha value is -0.540. The molecule has 3 heteroatoms. The molecule has 1 heterocycles. The van der Waals surface area contributed by atoms with Crippen LogP contribution in [-0.4, -0.2) is 13.1 Å². The SMILES string of the molecule is CC1CCN(c2ccc(CN)c(Br)c2)C1. The summed E-state index contributed by atoms with van der Waals surface area (Å²) in [6.07, 6.45) is 1.30. The van der Waals surface area contributed by atoms with Crippen molar-refractivity contribution in [1.29, 1.82) is 0 Å². The van der Waals surface area contributed by atoms with Crippen molar-refractivity contribution in [1.82, 2.24) is 0 Å². The highest BCUT2D eigenvalue weighted by Crippen LogP contribution is 2.27. The van der Waals surface area contributed by atoms with E-state index in [2.05, 4.69) is 46.0 Å². The summed E-state index contributed by atoms with van der Waals surface area (Å²) in [4.78, 5) is 2.44. The van der Waals surface area contributed by atoms with Crippen molar-refractivity contribution in [2.75, 3.05) is 18.0 Å². The van der Waals surface area contributed by atoms with Gasteiger partial charge in [0.2, 0.25) is 0 Å². The summed E-state index contributed by atoms with van der Waals surface area (Å²) >= 11 is 3.56. The van der Waals surface area contributed by atoms with Gasteiger partial charge in [-0.3, -0.25) is 0 Å². The molecule has 1 aliphatic rings. The molecule has 2 nitrogen and oxygen atoms in total. The van der Waals surface area contributed by atoms with Crippen molar-refractivity contribution in [2.45, 2.75) is 19.9 Å². The van der Waals surface area contributed by atoms with Gasteiger partial charge in [-0.05, 0) is 30.0 Å². The van der Waals surface area contributed by atoms with Crippen LogP contribution in [0.15, 0.2) is 22.7 Å². The van der Waals surface area contributed by atoms with Crippen molar-refractivity contribution < 1.29 is 0 Å². The Morgan fingerprint density at radius 2 is 2.33 bits per heavy atom. The summed E-state index contributed by atoms with van der Waals surface area (Å²) < 4.78 is 1.13. The average molecular weight is 269 g/mol. The smallest absolute Gasteiger partial charge is 0.0377 e. The van der Waals surface area contributed by atoms with Crippen molar-refractivity contribution in [2.24, 2.45) is 11.7 Å². The molecule has 1 atom stereocenters. The number of anilines is 1. The Morgan fingerprint density at radius 3 is 2.87 bits per heavy atom. The van der Waals surface area contributed by atoms with Crippen LogP contribution >= 0.6 is 15.9 Å². The number of hydrogen-bond acceptors (Lipinski definition) is 2. The fourth-order valence-electron chi connectivity index (χ4n) is 2.07. The van der Waals surface area contributed by atoms with Crippen LogP contribution < -0.4 is 10.6 Å². The van der Waals surface area contributed by atoms with Crippen LogP contribution in [0.1, 0.15) is 18.9 Å². The quantitative estimate of drug-likeness (QED) is 0.894. The minimum atomic E-state index is 0.595. The van der Waals surface area contributed by atoms with Crippen LogP contribution in [0.5, 0.6) is 0 Å². The lowest BCUT2D eigenvalue weighted by molar-refractivity contribution is 0.659. The molecule has 1 saturated heterocycles. The number of hydrogen-bond donors (Lipinski definition) is 1. The maximum Gasteiger partial charge on any atom is 0.0377 e. The van der Waals surface area contributed by atoms with Crippen molar-refractivity contribution in [3.8, 4) is 0 Å². The van der Waals surface area contributed by atoms with Crippen LogP contribution in [0.25, 0.3) is 0 Å². The molecule has 1 unspecified atom stereocenters. The maximum atomic E-state index is 5.63. The van der Waals surface area contributed by atoms with Gasteiger partial charge < -0.3 is 10.6 Å². The predicted molar refractivity (Wildman–Crippen MR) is 68.0 cm³/mol. The first-order valence-corrected chi connectivity index (χ1v) is 6.23. The third-order valence-electron chi connectivity index (χ3n) is 3.05. The topological polar surface area (TPSA) is 29.3 Å². The molecule has 1 aromatic rings. The first-order chi connectivity index (χ1) is 7.20. The summed E-state index contributed by atoms with van der Waals surface area (Å²) in [6.45, 7) is 5.25. The number of nitrogens with two attached hydrogens (primary N) is 1. The van der Waals surface area contributed by atoms with Gasteiger partial charge in [-0.15, -0.1) is 0 Å². The van der Waals surface area contributed by atoms with Crippen LogP contribution in [-0.2, 0) is 6.54 Å². The van der Waals surface area contributed by atoms with Gasteiger partial charge in [-0.1, -0.05) is 28.9 Å². The molecule has 0 bridgehead atoms. The minimum absolute atomic E-state index is 0.595. The second-order valence-corrected chi connectivity index (χ2v) is 5.17. The van der Waals surface area contributed by atoms with E-state index in [9.17, 15) is 0 Å². The van der Waals surface area contributed by atoms with E-state index in [1.807, 2.05) is 0 Å². The molecule has 0 amide bonds. The van der Waals surface area contributed by atoms with E-state index in [0.29, 0.717) is 6.54 Å². The van der Waals surface area contributed by atoms with E-state index in [0.717, 1.165) is 10.4 Å². The van der Waals surface area contributed by atoms with Crippen LogP contribution in [0.4, 0.5) is 5.69 Å². The summed E-state index contributed by atoms with van der Waals surface area (Å²) in [5, 5.41) is 0. The molecular weight excluding hydrogens is 252 g/mol. The van der Waals surface area contributed by atoms with Gasteiger partial charge in [-0.2, -0.15) is 0 Å². The van der Waals surface area contributed by atoms with Gasteiger partial charge in [0.25, 0.3) is 0 Å². The monoisotopic (exact) mass is 268 g/mol. The fraction of sp³-hybridized carbons (Fsp3) is 0.500. The molecule has 15 heavy (non-hydrogen) atoms. The second-order valence-electron chi connectivity index (χ2n) is 4.32. The molecule has 1 fully saturated rings. The molecule has 0 spiro atoms. The van der Waals surface area contributed by atoms with E-state index in [-0.39, 0.29) is 0 Å². The molecule has 0 saturated carbocycles. The lowest BCUT2D eigenvalue weighted by Crippen LogP contribution is -2.19. The lowest BCUT2D eigenvalue weighted by Gasteiger charge is -2.19. The second kappa shape index (κ2) is 4.54. The Balaban J connectivity index is 2.19. The van der Waals surface area contributed by atoms with Crippen LogP contribution in [0.3, 0.4) is 0 Å². The van der Waals surface area contributed by atoms with Gasteiger partial charge in [-0.25, -0.2) is 0 Å². The first-order valence-electron chi connectivity index (χ1n) is 5.44. The van der Waals surface area contributed by atoms with E-state index in [1.54, 1.807) is 0 Å². The zero-order valence-electron chi connectivity index (χ0n) is 9.04. The van der Waals surface area contributed by atoms with Gasteiger partial charge in [0.05, 0.1) is 0 Å². The highest BCUT2D eigenvalue weighted by molar-refractivity contribution is 9.10. The average Bonchev–Trinajstić information content (AvgIpc) is 2.65. The standard InChI is InChI=1S/C12H17BrN2/c1-9-4-5-15(8-9)11-3-2-10(7-14)12(13)6-11/h2-3,6,9H,4-5,7-8,14H2,1H3. The van der Waals surface area contributed by atoms with Gasteiger partial charge >= 0.3 is 0 Å². The molecule has 0 aliphatic carbocycles. The van der Waals surface area contributed by atoms with Crippen LogP contribution in [0, 0.1) is 5.92 Å². The van der Waals surface area contributed by atoms with Crippen molar-refractivity contribution >= 4 is 21.6 Å². The first kappa shape index (κ1) is 11.0. The van der Waals surface area contributed by atoms with Gasteiger partial charge in [0.1, 0.15) is 0 Å². The maximum absolute atomic E-state index is 5.63. The van der Waals surface area contributed by atoms with E-state index in [1.165, 1.54) is 30.8 Å². The highest BCUT2D eigenvalue weighted by Gasteiger charge is 2.19.